The number of fused-ring (bicyclic) bond motifs is 2. The van der Waals surface area contributed by atoms with Gasteiger partial charge in [-0.25, -0.2) is 0 Å². The van der Waals surface area contributed by atoms with Crippen molar-refractivity contribution in [3.05, 3.63) is 118 Å². The summed E-state index contributed by atoms with van der Waals surface area (Å²) in [6.45, 7) is 2.32. The van der Waals surface area contributed by atoms with Crippen LogP contribution < -0.4 is 9.80 Å². The third-order valence-electron chi connectivity index (χ3n) is 8.65. The molecule has 3 heterocycles. The molecule has 6 rings (SSSR count). The summed E-state index contributed by atoms with van der Waals surface area (Å²) in [6, 6.07) is 19.3. The van der Waals surface area contributed by atoms with E-state index in [-0.39, 0.29) is 30.3 Å². The number of carbonyl (C=O) groups excluding carboxylic acids is 2. The molecule has 236 valence electrons. The van der Waals surface area contributed by atoms with Crippen LogP contribution in [-0.4, -0.2) is 48.6 Å². The van der Waals surface area contributed by atoms with Crippen molar-refractivity contribution >= 4 is 34.6 Å². The molecule has 4 aromatic rings. The molecule has 0 fully saturated rings. The molecule has 0 spiro atoms. The number of aliphatic hydroxyl groups is 2. The number of hydrogen-bond acceptors (Lipinski definition) is 8. The molecule has 12 heteroatoms. The van der Waals surface area contributed by atoms with Crippen molar-refractivity contribution < 1.29 is 24.7 Å². The topological polar surface area (TPSA) is 155 Å². The summed E-state index contributed by atoms with van der Waals surface area (Å²) >= 11 is 0. The van der Waals surface area contributed by atoms with Gasteiger partial charge in [-0.3, -0.25) is 29.3 Å². The lowest BCUT2D eigenvalue weighted by Gasteiger charge is -2.30. The second-order valence-electron chi connectivity index (χ2n) is 11.6. The molecule has 46 heavy (non-hydrogen) atoms. The highest BCUT2D eigenvalue weighted by Crippen LogP contribution is 2.47. The van der Waals surface area contributed by atoms with Crippen LogP contribution in [0.4, 0.5) is 22.7 Å². The minimum absolute atomic E-state index is 0.0107. The molecule has 0 aliphatic carbocycles. The van der Waals surface area contributed by atoms with Gasteiger partial charge in [0.25, 0.3) is 11.6 Å². The van der Waals surface area contributed by atoms with Crippen LogP contribution in [0.3, 0.4) is 0 Å². The molecule has 2 atom stereocenters. The number of rotatable bonds is 11. The molecule has 2 N–H and O–H groups in total. The first-order valence-corrected chi connectivity index (χ1v) is 15.2. The molecule has 0 saturated heterocycles. The van der Waals surface area contributed by atoms with E-state index in [2.05, 4.69) is 10.3 Å². The zero-order chi connectivity index (χ0) is 32.4. The first kappa shape index (κ1) is 30.8. The average Bonchev–Trinajstić information content (AvgIpc) is 3.60. The fourth-order valence-corrected chi connectivity index (χ4v) is 6.17. The largest absolute Gasteiger partial charge is 0.396 e. The Bertz CT molecular complexity index is 1820. The minimum Gasteiger partial charge on any atom is -0.396 e. The number of nitro groups is 1. The number of anilines is 3. The molecular weight excluding hydrogens is 588 g/mol. The molecular formula is C34H34N6O6. The first-order chi connectivity index (χ1) is 22.2. The van der Waals surface area contributed by atoms with Crippen LogP contribution in [0.5, 0.6) is 0 Å². The van der Waals surface area contributed by atoms with Crippen molar-refractivity contribution in [1.29, 1.82) is 0 Å². The lowest BCUT2D eigenvalue weighted by atomic mass is 9.82. The molecule has 2 aliphatic heterocycles. The van der Waals surface area contributed by atoms with Gasteiger partial charge in [-0.2, -0.15) is 0 Å². The van der Waals surface area contributed by atoms with Crippen LogP contribution in [0.2, 0.25) is 0 Å². The van der Waals surface area contributed by atoms with Gasteiger partial charge in [0.05, 0.1) is 28.5 Å². The highest BCUT2D eigenvalue weighted by atomic mass is 16.6. The van der Waals surface area contributed by atoms with Crippen LogP contribution >= 0.6 is 0 Å². The van der Waals surface area contributed by atoms with Crippen molar-refractivity contribution in [3.8, 4) is 0 Å². The number of aromatic nitrogens is 3. The Balaban J connectivity index is 1.23. The van der Waals surface area contributed by atoms with E-state index in [1.54, 1.807) is 28.8 Å². The van der Waals surface area contributed by atoms with E-state index < -0.39 is 22.3 Å². The first-order valence-electron chi connectivity index (χ1n) is 15.2. The number of nitrogens with zero attached hydrogens (tertiary/aromatic N) is 6. The molecule has 12 nitrogen and oxygen atoms in total. The Kier molecular flexibility index (Phi) is 8.48. The molecule has 1 aromatic heterocycles. The molecule has 2 aliphatic rings. The van der Waals surface area contributed by atoms with Crippen molar-refractivity contribution in [2.75, 3.05) is 16.4 Å². The Morgan fingerprint density at radius 2 is 1.85 bits per heavy atom. The lowest BCUT2D eigenvalue weighted by molar-refractivity contribution is -0.385. The van der Waals surface area contributed by atoms with Gasteiger partial charge in [-0.15, -0.1) is 5.10 Å². The van der Waals surface area contributed by atoms with Crippen LogP contribution in [0, 0.1) is 16.0 Å². The minimum atomic E-state index is -2.02. The van der Waals surface area contributed by atoms with Crippen LogP contribution in [0.25, 0.3) is 0 Å². The van der Waals surface area contributed by atoms with Crippen LogP contribution in [-0.2, 0) is 41.1 Å². The van der Waals surface area contributed by atoms with Crippen molar-refractivity contribution in [1.82, 2.24) is 15.0 Å². The van der Waals surface area contributed by atoms with Crippen LogP contribution in [0.15, 0.2) is 85.1 Å². The Morgan fingerprint density at radius 1 is 1.07 bits per heavy atom. The number of amides is 2. The summed E-state index contributed by atoms with van der Waals surface area (Å²) in [5.41, 5.74) is 2.47. The quantitative estimate of drug-likeness (QED) is 0.142. The van der Waals surface area contributed by atoms with E-state index in [9.17, 15) is 24.8 Å². The second kappa shape index (κ2) is 12.7. The van der Waals surface area contributed by atoms with E-state index >= 15 is 0 Å². The predicted molar refractivity (Wildman–Crippen MR) is 170 cm³/mol. The number of aliphatic hydroxyl groups excluding tert-OH is 1. The van der Waals surface area contributed by atoms with E-state index in [1.807, 2.05) is 54.6 Å². The summed E-state index contributed by atoms with van der Waals surface area (Å²) in [7, 11) is 0. The lowest BCUT2D eigenvalue weighted by Crippen LogP contribution is -2.44. The molecule has 0 unspecified atom stereocenters. The predicted octanol–water partition coefficient (Wildman–Crippen LogP) is 4.35. The highest BCUT2D eigenvalue weighted by Gasteiger charge is 2.53. The summed E-state index contributed by atoms with van der Waals surface area (Å²) in [4.78, 5) is 41.1. The summed E-state index contributed by atoms with van der Waals surface area (Å²) in [6.07, 6.45) is 7.40. The molecule has 3 aromatic carbocycles. The number of hydrogen-bond donors (Lipinski definition) is 2. The highest BCUT2D eigenvalue weighted by molar-refractivity contribution is 6.07. The smallest absolute Gasteiger partial charge is 0.269 e. The van der Waals surface area contributed by atoms with Gasteiger partial charge in [0.15, 0.2) is 5.60 Å². The monoisotopic (exact) mass is 622 g/mol. The number of non-ortho nitro benzene ring substituents is 1. The second-order valence-corrected chi connectivity index (χ2v) is 11.6. The fourth-order valence-electron chi connectivity index (χ4n) is 6.17. The van der Waals surface area contributed by atoms with Gasteiger partial charge >= 0.3 is 0 Å². The maximum absolute atomic E-state index is 14.0. The van der Waals surface area contributed by atoms with E-state index in [0.717, 1.165) is 22.5 Å². The fraction of sp³-hybridized carbons (Fsp3) is 0.294. The number of benzene rings is 3. The van der Waals surface area contributed by atoms with Gasteiger partial charge < -0.3 is 15.1 Å². The van der Waals surface area contributed by atoms with Crippen molar-refractivity contribution in [2.45, 2.75) is 51.3 Å². The van der Waals surface area contributed by atoms with Gasteiger partial charge in [0, 0.05) is 61.5 Å². The van der Waals surface area contributed by atoms with Crippen LogP contribution in [0.1, 0.15) is 42.1 Å². The Hall–Kier alpha value is -5.20. The number of allylic oxidation sites excluding steroid dienone is 1. The zero-order valence-corrected chi connectivity index (χ0v) is 25.3. The molecule has 0 saturated carbocycles. The Labute approximate surface area is 265 Å². The Morgan fingerprint density at radius 3 is 2.61 bits per heavy atom. The number of aryl methyl sites for hydroxylation is 2. The number of carbonyl (C=O) groups is 2. The van der Waals surface area contributed by atoms with Gasteiger partial charge in [-0.1, -0.05) is 54.6 Å². The number of nitro benzene ring substituents is 1. The molecule has 0 radical (unpaired) electrons. The third kappa shape index (κ3) is 5.68. The number of para-hydroxylation sites is 1. The zero-order valence-electron chi connectivity index (χ0n) is 25.3. The summed E-state index contributed by atoms with van der Waals surface area (Å²) in [5.74, 6) is -1.27. The average molecular weight is 623 g/mol. The standard InChI is InChI=1S/C34H34N6O6/c1-23(6-4-5-18-37-22-26(17-19-41)35-36-37)34(44)29-20-28(40(45)46)14-15-31(29)38(33(34)43)21-24-9-12-27(13-10-24)39-30-8-3-2-7-25(30)11-16-32(39)42/h2-4,6-10,12-15,20,22-23,41,44H,5,11,16-19,21H2,1H3/b6-4+/t23-,34+/m1/s1. The van der Waals surface area contributed by atoms with Crippen molar-refractivity contribution in [3.63, 3.8) is 0 Å². The van der Waals surface area contributed by atoms with E-state index in [4.69, 9.17) is 5.11 Å². The SMILES string of the molecule is C[C@H](/C=C/CCn1cc(CCO)nn1)[C@@]1(O)C(=O)N(Cc2ccc(N3C(=O)CCc4ccccc43)cc2)c2ccc([N+](=O)[O-])cc21. The maximum atomic E-state index is 14.0. The van der Waals surface area contributed by atoms with Crippen molar-refractivity contribution in [2.24, 2.45) is 5.92 Å². The summed E-state index contributed by atoms with van der Waals surface area (Å²) < 4.78 is 1.65. The maximum Gasteiger partial charge on any atom is 0.269 e. The van der Waals surface area contributed by atoms with E-state index in [1.165, 1.54) is 23.1 Å². The third-order valence-corrected chi connectivity index (χ3v) is 8.65. The van der Waals surface area contributed by atoms with Gasteiger partial charge in [0.2, 0.25) is 5.91 Å². The van der Waals surface area contributed by atoms with Gasteiger partial charge in [0.1, 0.15) is 0 Å². The molecule has 0 bridgehead atoms. The van der Waals surface area contributed by atoms with Gasteiger partial charge in [-0.05, 0) is 48.2 Å². The normalized spacial score (nSPS) is 18.2. The molecule has 2 amide bonds. The summed E-state index contributed by atoms with van der Waals surface area (Å²) in [5, 5.41) is 40.7. The van der Waals surface area contributed by atoms with E-state index in [0.29, 0.717) is 43.6 Å².